The van der Waals surface area contributed by atoms with Gasteiger partial charge in [0.15, 0.2) is 11.0 Å². The van der Waals surface area contributed by atoms with Crippen molar-refractivity contribution in [2.24, 2.45) is 5.92 Å². The molecule has 1 aromatic heterocycles. The van der Waals surface area contributed by atoms with Crippen LogP contribution in [0.5, 0.6) is 5.75 Å². The first-order chi connectivity index (χ1) is 19.5. The molecule has 0 amide bonds. The smallest absolute Gasteiger partial charge is 0.380 e. The molecule has 3 aromatic rings. The highest BCUT2D eigenvalue weighted by Crippen LogP contribution is 2.52. The van der Waals surface area contributed by atoms with Crippen LogP contribution in [0.15, 0.2) is 59.5 Å². The van der Waals surface area contributed by atoms with Crippen molar-refractivity contribution < 1.29 is 40.8 Å². The fraction of sp³-hybridized carbons (Fsp3) is 0.444. The summed E-state index contributed by atoms with van der Waals surface area (Å²) in [5.41, 5.74) is -2.64. The van der Waals surface area contributed by atoms with Crippen molar-refractivity contribution in [3.8, 4) is 5.75 Å². The van der Waals surface area contributed by atoms with Gasteiger partial charge in [-0.3, -0.25) is 23.7 Å². The molecular weight excluding hydrogens is 559 g/mol. The topological polar surface area (TPSA) is 149 Å². The van der Waals surface area contributed by atoms with Gasteiger partial charge >= 0.3 is 13.6 Å². The van der Waals surface area contributed by atoms with Crippen LogP contribution in [0.2, 0.25) is 0 Å². The number of esters is 1. The maximum absolute atomic E-state index is 14.4. The normalized spacial score (nSPS) is 26.1. The molecule has 0 aliphatic carbocycles. The summed E-state index contributed by atoms with van der Waals surface area (Å²) >= 11 is 5.15. The lowest BCUT2D eigenvalue weighted by molar-refractivity contribution is -0.151. The Morgan fingerprint density at radius 2 is 1.95 bits per heavy atom. The van der Waals surface area contributed by atoms with E-state index in [0.29, 0.717) is 5.39 Å². The Kier molecular flexibility index (Phi) is 8.15. The van der Waals surface area contributed by atoms with Gasteiger partial charge in [0.1, 0.15) is 23.6 Å². The zero-order valence-corrected chi connectivity index (χ0v) is 24.1. The molecule has 2 aromatic carbocycles. The number of benzene rings is 2. The van der Waals surface area contributed by atoms with Crippen molar-refractivity contribution >= 4 is 36.6 Å². The summed E-state index contributed by atoms with van der Waals surface area (Å²) in [5, 5.41) is 23.5. The second kappa shape index (κ2) is 11.9. The monoisotopic (exact) mass is 594 g/mol. The van der Waals surface area contributed by atoms with E-state index in [4.69, 9.17) is 33.5 Å². The van der Waals surface area contributed by atoms with Crippen LogP contribution in [0.3, 0.4) is 0 Å². The molecule has 2 heterocycles. The minimum absolute atomic E-state index is 0.119. The quantitative estimate of drug-likeness (QED) is 0.179. The van der Waals surface area contributed by atoms with E-state index in [0.717, 1.165) is 16.0 Å². The van der Waals surface area contributed by atoms with E-state index < -0.39 is 67.9 Å². The molecule has 2 unspecified atom stereocenters. The zero-order valence-electron chi connectivity index (χ0n) is 24.3. The molecular formula is C27H33N2O9PS. The predicted octanol–water partition coefficient (Wildman–Crippen LogP) is 3.94. The first-order valence-corrected chi connectivity index (χ1v) is 14.7. The van der Waals surface area contributed by atoms with Gasteiger partial charge in [-0.05, 0) is 44.4 Å². The number of aliphatic hydroxyl groups excluding tert-OH is 1. The minimum atomic E-state index is -4.57. The van der Waals surface area contributed by atoms with Crippen LogP contribution in [-0.4, -0.2) is 62.4 Å². The third kappa shape index (κ3) is 6.54. The van der Waals surface area contributed by atoms with Crippen molar-refractivity contribution in [1.29, 1.82) is 0 Å². The third-order valence-electron chi connectivity index (χ3n) is 6.31. The molecule has 0 spiro atoms. The molecule has 0 radical (unpaired) electrons. The van der Waals surface area contributed by atoms with Crippen molar-refractivity contribution in [1.82, 2.24) is 9.55 Å². The second-order valence-electron chi connectivity index (χ2n) is 10.1. The Morgan fingerprint density at radius 1 is 1.25 bits per heavy atom. The summed E-state index contributed by atoms with van der Waals surface area (Å²) in [6.07, 6.45) is -5.09. The van der Waals surface area contributed by atoms with Crippen LogP contribution in [0.4, 0.5) is 0 Å². The predicted molar refractivity (Wildman–Crippen MR) is 150 cm³/mol. The molecule has 1 saturated heterocycles. The number of carbonyl (C=O) groups excluding carboxylic acids is 1. The number of hydrogen-bond acceptors (Lipinski definition) is 10. The summed E-state index contributed by atoms with van der Waals surface area (Å²) < 4.78 is 55.2. The van der Waals surface area contributed by atoms with Crippen LogP contribution in [0.1, 0.15) is 36.7 Å². The largest absolute Gasteiger partial charge is 0.463 e. The van der Waals surface area contributed by atoms with Gasteiger partial charge in [-0.1, -0.05) is 43.3 Å². The number of nitrogens with one attached hydrogen (secondary N) is 1. The van der Waals surface area contributed by atoms with Crippen LogP contribution in [0.25, 0.3) is 10.8 Å². The molecule has 3 N–H and O–H groups in total. The van der Waals surface area contributed by atoms with Crippen molar-refractivity contribution in [3.63, 3.8) is 0 Å². The van der Waals surface area contributed by atoms with E-state index in [9.17, 15) is 24.4 Å². The molecule has 1 aliphatic rings. The van der Waals surface area contributed by atoms with E-state index in [1.54, 1.807) is 38.1 Å². The Labute approximate surface area is 239 Å². The van der Waals surface area contributed by atoms with Crippen molar-refractivity contribution in [2.75, 3.05) is 12.7 Å². The number of aromatic amines is 1. The molecule has 6 atom stereocenters. The fourth-order valence-corrected chi connectivity index (χ4v) is 6.25. The number of aromatic nitrogens is 2. The Hall–Kier alpha value is -2.86. The van der Waals surface area contributed by atoms with Gasteiger partial charge in [-0.25, -0.2) is 4.57 Å². The molecule has 0 saturated carbocycles. The first-order valence-electron chi connectivity index (χ1n) is 13.6. The number of H-pyrrole nitrogens is 1. The van der Waals surface area contributed by atoms with Gasteiger partial charge in [0.25, 0.3) is 5.56 Å². The van der Waals surface area contributed by atoms with Crippen LogP contribution >= 0.6 is 19.8 Å². The van der Waals surface area contributed by atoms with Gasteiger partial charge in [-0.2, -0.15) is 0 Å². The maximum atomic E-state index is 14.4. The van der Waals surface area contributed by atoms with E-state index in [1.807, 2.05) is 12.1 Å². The Bertz CT molecular complexity index is 1620. The molecule has 13 heteroatoms. The lowest BCUT2D eigenvalue weighted by Crippen LogP contribution is -2.44. The number of rotatable bonds is 10. The summed E-state index contributed by atoms with van der Waals surface area (Å²) in [4.78, 5) is 26.6. The average Bonchev–Trinajstić information content (AvgIpc) is 3.12. The van der Waals surface area contributed by atoms with Gasteiger partial charge in [-0.15, -0.1) is 0 Å². The molecule has 40 heavy (non-hydrogen) atoms. The summed E-state index contributed by atoms with van der Waals surface area (Å²) in [7, 11) is -4.57. The highest BCUT2D eigenvalue weighted by Gasteiger charge is 2.53. The van der Waals surface area contributed by atoms with Gasteiger partial charge < -0.3 is 24.2 Å². The summed E-state index contributed by atoms with van der Waals surface area (Å²) in [6.45, 7) is 2.91. The number of ether oxygens (including phenoxy) is 2. The molecule has 4 rings (SSSR count). The van der Waals surface area contributed by atoms with Gasteiger partial charge in [0.2, 0.25) is 0 Å². The van der Waals surface area contributed by atoms with Gasteiger partial charge in [0.05, 0.1) is 27.5 Å². The highest BCUT2D eigenvalue weighted by molar-refractivity contribution is 7.71. The van der Waals surface area contributed by atoms with E-state index >= 15 is 0 Å². The molecule has 11 nitrogen and oxygen atoms in total. The van der Waals surface area contributed by atoms with Crippen LogP contribution in [-0.2, 0) is 23.4 Å². The maximum Gasteiger partial charge on any atom is 0.380 e. The fourth-order valence-electron chi connectivity index (χ4n) is 4.26. The molecule has 0 bridgehead atoms. The third-order valence-corrected chi connectivity index (χ3v) is 8.48. The van der Waals surface area contributed by atoms with Crippen molar-refractivity contribution in [3.05, 3.63) is 69.9 Å². The lowest BCUT2D eigenvalue weighted by Gasteiger charge is -2.28. The van der Waals surface area contributed by atoms with Crippen LogP contribution in [0, 0.1) is 10.7 Å². The lowest BCUT2D eigenvalue weighted by atomic mass is 9.96. The average molecular weight is 595 g/mol. The summed E-state index contributed by atoms with van der Waals surface area (Å²) in [5.74, 6) is -1.61. The van der Waals surface area contributed by atoms with E-state index in [-0.39, 0.29) is 10.5 Å². The Balaban J connectivity index is 1.70. The van der Waals surface area contributed by atoms with E-state index in [1.165, 1.54) is 26.1 Å². The highest BCUT2D eigenvalue weighted by atomic mass is 32.1. The number of fused-ring (bicyclic) bond motifs is 1. The number of carbonyl (C=O) groups is 1. The van der Waals surface area contributed by atoms with Crippen molar-refractivity contribution in [2.45, 2.75) is 57.8 Å². The first kappa shape index (κ1) is 27.3. The number of aliphatic hydroxyl groups is 2. The number of hydrogen-bond donors (Lipinski definition) is 3. The minimum Gasteiger partial charge on any atom is -0.463 e. The molecule has 1 fully saturated rings. The second-order valence-corrected chi connectivity index (χ2v) is 12.4. The van der Waals surface area contributed by atoms with Crippen LogP contribution < -0.4 is 10.1 Å². The van der Waals surface area contributed by atoms with Gasteiger partial charge in [0, 0.05) is 17.6 Å². The summed E-state index contributed by atoms with van der Waals surface area (Å²) in [6, 6.07) is 13.2. The number of nitrogens with zero attached hydrogens (tertiary/aromatic N) is 1. The zero-order chi connectivity index (χ0) is 31.0. The molecule has 1 aliphatic heterocycles. The standard InChI is InChI=1S/C27H33N2O9PS/c1-16(2)36-24(32)17(3)15-39(34,38-20-11-7-9-18-8-5-6-10-19(18)20)35-14-21-23(31)27(4,33)25(37-21)29-13-12-22(30)28-26(29)40/h5-13,16-17,21,23,25,31,33H,14-15H2,1-4H3,(H,28,30,40)/t17-,21-,23+,25-,27?,39?/m1/s1/i14D2. The molecule has 216 valence electrons. The SMILES string of the molecule is [2H]C([2H])(OP(=O)(C[C@@H](C)C(=O)OC(C)C)Oc1cccc2ccccc12)[C@H]1O[C@@H](n2ccc(=O)[nH]c2=S)C(C)(O)[C@H]1O. The Morgan fingerprint density at radius 3 is 2.65 bits per heavy atom. The van der Waals surface area contributed by atoms with E-state index in [2.05, 4.69) is 4.98 Å².